The first-order valence-electron chi connectivity index (χ1n) is 13.3. The van der Waals surface area contributed by atoms with Crippen LogP contribution in [-0.2, 0) is 9.59 Å². The molecule has 1 atom stereocenters. The van der Waals surface area contributed by atoms with Crippen molar-refractivity contribution in [1.82, 2.24) is 15.2 Å². The molecule has 1 aliphatic heterocycles. The van der Waals surface area contributed by atoms with Crippen molar-refractivity contribution < 1.29 is 14.3 Å². The second kappa shape index (κ2) is 11.9. The lowest BCUT2D eigenvalue weighted by Crippen LogP contribution is -2.38. The maximum Gasteiger partial charge on any atom is 0.236 e. The molecule has 1 aliphatic carbocycles. The van der Waals surface area contributed by atoms with Crippen molar-refractivity contribution in [2.45, 2.75) is 36.4 Å². The monoisotopic (exact) mass is 615 g/mol. The number of thiazole rings is 1. The van der Waals surface area contributed by atoms with Crippen molar-refractivity contribution in [3.05, 3.63) is 76.8 Å². The standard InChI is InChI=1S/C29H25N7O3S3/c1-2-39-17-12-10-16(11-13-17)24-18(14-30)26(31)36(20-7-5-8-21(37)25(20)24)28-34-35-29(42-28)40-15-23(38)33-27-32-19-6-3-4-9-22(19)41-27/h3-4,6,9-13,24H,2,5,7-8,15,31H2,1H3,(H,32,33,38). The first kappa shape index (κ1) is 27.9. The molecule has 2 aromatic heterocycles. The summed E-state index contributed by atoms with van der Waals surface area (Å²) in [5.74, 6) is 0.271. The first-order chi connectivity index (χ1) is 20.5. The topological polar surface area (TPSA) is 147 Å². The lowest BCUT2D eigenvalue weighted by Gasteiger charge is -2.38. The fraction of sp³-hybridized carbons (Fsp3) is 0.241. The van der Waals surface area contributed by atoms with Crippen molar-refractivity contribution in [3.8, 4) is 11.8 Å². The van der Waals surface area contributed by atoms with Gasteiger partial charge in [-0.3, -0.25) is 14.5 Å². The van der Waals surface area contributed by atoms with Gasteiger partial charge in [0.15, 0.2) is 15.3 Å². The molecule has 0 spiro atoms. The SMILES string of the molecule is CCOc1ccc(C2C(C#N)=C(N)N(c3nnc(SCC(=O)Nc4nc5ccccc5s4)s3)C3=C2C(=O)CCC3)cc1. The second-order valence-electron chi connectivity index (χ2n) is 9.49. The van der Waals surface area contributed by atoms with Crippen LogP contribution in [-0.4, -0.2) is 39.2 Å². The minimum Gasteiger partial charge on any atom is -0.494 e. The Hall–Kier alpha value is -4.25. The fourth-order valence-corrected chi connectivity index (χ4v) is 7.68. The van der Waals surface area contributed by atoms with Crippen LogP contribution >= 0.6 is 34.4 Å². The van der Waals surface area contributed by atoms with E-state index in [0.29, 0.717) is 51.8 Å². The molecule has 13 heteroatoms. The van der Waals surface area contributed by atoms with Gasteiger partial charge in [-0.25, -0.2) is 4.98 Å². The van der Waals surface area contributed by atoms with E-state index < -0.39 is 5.92 Å². The molecule has 0 saturated carbocycles. The summed E-state index contributed by atoms with van der Waals surface area (Å²) in [4.78, 5) is 32.1. The predicted octanol–water partition coefficient (Wildman–Crippen LogP) is 5.58. The number of nitriles is 1. The van der Waals surface area contributed by atoms with Gasteiger partial charge in [0, 0.05) is 17.7 Å². The number of aromatic nitrogens is 3. The van der Waals surface area contributed by atoms with Crippen molar-refractivity contribution in [1.29, 1.82) is 5.26 Å². The van der Waals surface area contributed by atoms with Crippen molar-refractivity contribution in [3.63, 3.8) is 0 Å². The van der Waals surface area contributed by atoms with Gasteiger partial charge in [-0.15, -0.1) is 10.2 Å². The Morgan fingerprint density at radius 1 is 1.19 bits per heavy atom. The van der Waals surface area contributed by atoms with E-state index in [2.05, 4.69) is 26.6 Å². The number of allylic oxidation sites excluding steroid dienone is 3. The third kappa shape index (κ3) is 5.36. The number of carbonyl (C=O) groups excluding carboxylic acids is 2. The molecule has 3 heterocycles. The van der Waals surface area contributed by atoms with E-state index in [9.17, 15) is 14.9 Å². The van der Waals surface area contributed by atoms with E-state index in [4.69, 9.17) is 10.5 Å². The van der Waals surface area contributed by atoms with Gasteiger partial charge in [0.2, 0.25) is 11.0 Å². The quantitative estimate of drug-likeness (QED) is 0.241. The van der Waals surface area contributed by atoms with Crippen molar-refractivity contribution >= 4 is 66.6 Å². The van der Waals surface area contributed by atoms with Gasteiger partial charge in [-0.05, 0) is 49.6 Å². The molecule has 3 N–H and O–H groups in total. The summed E-state index contributed by atoms with van der Waals surface area (Å²) in [5, 5.41) is 22.7. The van der Waals surface area contributed by atoms with Crippen molar-refractivity contribution in [2.75, 3.05) is 22.6 Å². The lowest BCUT2D eigenvalue weighted by atomic mass is 9.76. The zero-order chi connectivity index (χ0) is 29.2. The summed E-state index contributed by atoms with van der Waals surface area (Å²) in [7, 11) is 0. The molecule has 212 valence electrons. The molecule has 0 bridgehead atoms. The van der Waals surface area contributed by atoms with Crippen LogP contribution < -0.4 is 20.7 Å². The van der Waals surface area contributed by atoms with Crippen LogP contribution in [0, 0.1) is 11.3 Å². The highest BCUT2D eigenvalue weighted by molar-refractivity contribution is 8.01. The number of rotatable bonds is 8. The van der Waals surface area contributed by atoms with E-state index in [1.807, 2.05) is 55.5 Å². The summed E-state index contributed by atoms with van der Waals surface area (Å²) < 4.78 is 7.13. The number of para-hydroxylation sites is 1. The average Bonchev–Trinajstić information content (AvgIpc) is 3.63. The largest absolute Gasteiger partial charge is 0.494 e. The van der Waals surface area contributed by atoms with E-state index in [-0.39, 0.29) is 28.8 Å². The average molecular weight is 616 g/mol. The molecule has 1 unspecified atom stereocenters. The molecule has 0 saturated heterocycles. The number of nitrogens with zero attached hydrogens (tertiary/aromatic N) is 5. The number of ketones is 1. The Morgan fingerprint density at radius 3 is 2.76 bits per heavy atom. The number of nitrogens with one attached hydrogen (secondary N) is 1. The predicted molar refractivity (Wildman–Crippen MR) is 164 cm³/mol. The molecule has 4 aromatic rings. The highest BCUT2D eigenvalue weighted by atomic mass is 32.2. The number of Topliss-reactive ketones (excluding diaryl/α,β-unsaturated/α-hetero) is 1. The number of amides is 1. The fourth-order valence-electron chi connectivity index (χ4n) is 5.12. The van der Waals surface area contributed by atoms with E-state index in [1.165, 1.54) is 34.4 Å². The van der Waals surface area contributed by atoms with Gasteiger partial charge in [-0.1, -0.05) is 58.7 Å². The molecule has 2 aliphatic rings. The Kier molecular flexibility index (Phi) is 7.92. The van der Waals surface area contributed by atoms with E-state index in [1.54, 1.807) is 4.90 Å². The number of ether oxygens (including phenoxy) is 1. The smallest absolute Gasteiger partial charge is 0.236 e. The molecular weight excluding hydrogens is 591 g/mol. The molecule has 1 amide bonds. The van der Waals surface area contributed by atoms with Crippen molar-refractivity contribution in [2.24, 2.45) is 5.73 Å². The summed E-state index contributed by atoms with van der Waals surface area (Å²) in [6.45, 7) is 2.45. The molecule has 6 rings (SSSR count). The molecule has 0 radical (unpaired) electrons. The van der Waals surface area contributed by atoms with Gasteiger partial charge >= 0.3 is 0 Å². The number of thioether (sulfide) groups is 1. The highest BCUT2D eigenvalue weighted by Gasteiger charge is 2.41. The molecule has 2 aromatic carbocycles. The van der Waals surface area contributed by atoms with Crippen LogP contribution in [0.4, 0.5) is 10.3 Å². The third-order valence-electron chi connectivity index (χ3n) is 6.89. The van der Waals surface area contributed by atoms with Gasteiger partial charge in [0.05, 0.1) is 40.1 Å². The number of anilines is 2. The third-order valence-corrected chi connectivity index (χ3v) is 9.89. The van der Waals surface area contributed by atoms with Crippen LogP contribution in [0.1, 0.15) is 37.7 Å². The second-order valence-corrected chi connectivity index (χ2v) is 12.7. The zero-order valence-corrected chi connectivity index (χ0v) is 24.9. The van der Waals surface area contributed by atoms with Gasteiger partial charge in [-0.2, -0.15) is 5.26 Å². The van der Waals surface area contributed by atoms with Gasteiger partial charge in [0.1, 0.15) is 11.6 Å². The lowest BCUT2D eigenvalue weighted by molar-refractivity contribution is -0.116. The molecule has 0 fully saturated rings. The maximum atomic E-state index is 13.3. The van der Waals surface area contributed by atoms with E-state index >= 15 is 0 Å². The van der Waals surface area contributed by atoms with Crippen LogP contribution in [0.2, 0.25) is 0 Å². The van der Waals surface area contributed by atoms with Crippen LogP contribution in [0.5, 0.6) is 5.75 Å². The maximum absolute atomic E-state index is 13.3. The van der Waals surface area contributed by atoms with Crippen LogP contribution in [0.25, 0.3) is 10.2 Å². The Balaban J connectivity index is 1.24. The van der Waals surface area contributed by atoms with Crippen LogP contribution in [0.15, 0.2) is 75.5 Å². The number of nitrogens with two attached hydrogens (primary N) is 1. The molecular formula is C29H25N7O3S3. The van der Waals surface area contributed by atoms with Gasteiger partial charge < -0.3 is 15.8 Å². The number of carbonyl (C=O) groups is 2. The summed E-state index contributed by atoms with van der Waals surface area (Å²) in [6.07, 6.45) is 1.69. The number of hydrogen-bond acceptors (Lipinski definition) is 12. The number of hydrogen-bond donors (Lipinski definition) is 2. The molecule has 42 heavy (non-hydrogen) atoms. The van der Waals surface area contributed by atoms with E-state index in [0.717, 1.165) is 21.5 Å². The summed E-state index contributed by atoms with van der Waals surface area (Å²) in [5.41, 5.74) is 9.87. The number of benzene rings is 2. The zero-order valence-electron chi connectivity index (χ0n) is 22.5. The van der Waals surface area contributed by atoms with Crippen LogP contribution in [0.3, 0.4) is 0 Å². The summed E-state index contributed by atoms with van der Waals surface area (Å²) in [6, 6.07) is 17.4. The summed E-state index contributed by atoms with van der Waals surface area (Å²) >= 11 is 3.92. The minimum atomic E-state index is -0.572. The van der Waals surface area contributed by atoms with Gasteiger partial charge in [0.25, 0.3) is 0 Å². The Morgan fingerprint density at radius 2 is 2.00 bits per heavy atom. The first-order valence-corrected chi connectivity index (χ1v) is 15.9. The minimum absolute atomic E-state index is 0.00832. The number of fused-ring (bicyclic) bond motifs is 1. The normalized spacial score (nSPS) is 16.9. The Bertz CT molecular complexity index is 1750. The molecule has 10 nitrogen and oxygen atoms in total. The highest BCUT2D eigenvalue weighted by Crippen LogP contribution is 2.47. The Labute approximate surface area is 253 Å².